The van der Waals surface area contributed by atoms with E-state index in [1.54, 1.807) is 23.7 Å². The monoisotopic (exact) mass is 288 g/mol. The largest absolute Gasteiger partial charge is 0.516 e. The predicted octanol–water partition coefficient (Wildman–Crippen LogP) is 2.50. The van der Waals surface area contributed by atoms with Gasteiger partial charge in [-0.2, -0.15) is 0 Å². The van der Waals surface area contributed by atoms with E-state index in [1.165, 1.54) is 0 Å². The third kappa shape index (κ3) is 2.18. The molecule has 1 aliphatic heterocycles. The molecule has 0 radical (unpaired) electrons. The first kappa shape index (κ1) is 13.7. The highest BCUT2D eigenvalue weighted by Gasteiger charge is 2.53. The SMILES string of the molecule is CC1(C)OB(c2ncsc2-c2ccncc2)OC1(C)C. The van der Waals surface area contributed by atoms with E-state index in [0.29, 0.717) is 0 Å². The van der Waals surface area contributed by atoms with Gasteiger partial charge in [0.25, 0.3) is 0 Å². The van der Waals surface area contributed by atoms with Crippen LogP contribution in [0.2, 0.25) is 0 Å². The van der Waals surface area contributed by atoms with Gasteiger partial charge in [-0.05, 0) is 45.4 Å². The summed E-state index contributed by atoms with van der Waals surface area (Å²) in [7, 11) is -0.422. The van der Waals surface area contributed by atoms with Gasteiger partial charge in [0.1, 0.15) is 0 Å². The van der Waals surface area contributed by atoms with Crippen molar-refractivity contribution in [1.82, 2.24) is 9.97 Å². The first-order chi connectivity index (χ1) is 9.41. The van der Waals surface area contributed by atoms with Gasteiger partial charge in [0.15, 0.2) is 0 Å². The molecule has 3 rings (SSSR count). The lowest BCUT2D eigenvalue weighted by atomic mass is 9.82. The summed E-state index contributed by atoms with van der Waals surface area (Å²) in [5.41, 5.74) is 3.07. The average molecular weight is 288 g/mol. The van der Waals surface area contributed by atoms with Crippen molar-refractivity contribution in [3.8, 4) is 10.4 Å². The molecule has 0 amide bonds. The van der Waals surface area contributed by atoms with Crippen LogP contribution in [0.1, 0.15) is 27.7 Å². The summed E-state index contributed by atoms with van der Waals surface area (Å²) in [5, 5.41) is 0. The zero-order valence-corrected chi connectivity index (χ0v) is 12.9. The molecule has 0 atom stereocenters. The van der Waals surface area contributed by atoms with Crippen LogP contribution in [0.3, 0.4) is 0 Å². The number of aromatic nitrogens is 2. The van der Waals surface area contributed by atoms with Gasteiger partial charge >= 0.3 is 7.12 Å². The zero-order valence-electron chi connectivity index (χ0n) is 12.1. The fraction of sp³-hybridized carbons (Fsp3) is 0.429. The van der Waals surface area contributed by atoms with Crippen LogP contribution in [0.25, 0.3) is 10.4 Å². The van der Waals surface area contributed by atoms with Gasteiger partial charge in [0.2, 0.25) is 0 Å². The Kier molecular flexibility index (Phi) is 3.19. The Morgan fingerprint density at radius 3 is 2.25 bits per heavy atom. The molecule has 2 aromatic rings. The molecular weight excluding hydrogens is 271 g/mol. The van der Waals surface area contributed by atoms with Crippen molar-refractivity contribution in [1.29, 1.82) is 0 Å². The number of pyridine rings is 1. The summed E-state index contributed by atoms with van der Waals surface area (Å²) in [6.07, 6.45) is 3.56. The molecule has 6 heteroatoms. The summed E-state index contributed by atoms with van der Waals surface area (Å²) in [6.45, 7) is 8.19. The number of hydrogen-bond donors (Lipinski definition) is 0. The fourth-order valence-corrected chi connectivity index (χ4v) is 2.91. The molecule has 1 aliphatic rings. The van der Waals surface area contributed by atoms with Crippen molar-refractivity contribution in [2.24, 2.45) is 0 Å². The average Bonchev–Trinajstić information content (AvgIpc) is 2.94. The Labute approximate surface area is 123 Å². The van der Waals surface area contributed by atoms with Crippen LogP contribution in [-0.2, 0) is 9.31 Å². The summed E-state index contributed by atoms with van der Waals surface area (Å²) in [6, 6.07) is 3.95. The highest BCUT2D eigenvalue weighted by atomic mass is 32.1. The first-order valence-electron chi connectivity index (χ1n) is 6.60. The number of hydrogen-bond acceptors (Lipinski definition) is 5. The lowest BCUT2D eigenvalue weighted by molar-refractivity contribution is 0.00578. The summed E-state index contributed by atoms with van der Waals surface area (Å²) >= 11 is 1.59. The van der Waals surface area contributed by atoms with E-state index >= 15 is 0 Å². The second kappa shape index (κ2) is 4.65. The summed E-state index contributed by atoms with van der Waals surface area (Å²) in [4.78, 5) is 9.58. The predicted molar refractivity (Wildman–Crippen MR) is 81.1 cm³/mol. The van der Waals surface area contributed by atoms with Gasteiger partial charge in [-0.25, -0.2) is 0 Å². The van der Waals surface area contributed by atoms with Crippen LogP contribution >= 0.6 is 11.3 Å². The molecule has 0 spiro atoms. The van der Waals surface area contributed by atoms with Crippen LogP contribution in [0.5, 0.6) is 0 Å². The molecule has 1 fully saturated rings. The third-order valence-electron chi connectivity index (χ3n) is 4.01. The second-order valence-corrected chi connectivity index (χ2v) is 6.75. The van der Waals surface area contributed by atoms with Crippen molar-refractivity contribution in [2.45, 2.75) is 38.9 Å². The number of nitrogens with zero attached hydrogens (tertiary/aromatic N) is 2. The van der Waals surface area contributed by atoms with Crippen LogP contribution in [0.4, 0.5) is 0 Å². The van der Waals surface area contributed by atoms with Crippen molar-refractivity contribution >= 4 is 24.0 Å². The highest BCUT2D eigenvalue weighted by Crippen LogP contribution is 2.37. The molecule has 0 aromatic carbocycles. The smallest absolute Gasteiger partial charge is 0.398 e. The molecule has 0 bridgehead atoms. The molecule has 4 nitrogen and oxygen atoms in total. The Morgan fingerprint density at radius 1 is 1.05 bits per heavy atom. The van der Waals surface area contributed by atoms with Crippen LogP contribution in [0.15, 0.2) is 30.0 Å². The quantitative estimate of drug-likeness (QED) is 0.796. The van der Waals surface area contributed by atoms with Gasteiger partial charge in [-0.15, -0.1) is 11.3 Å². The van der Waals surface area contributed by atoms with Gasteiger partial charge in [0.05, 0.1) is 27.2 Å². The van der Waals surface area contributed by atoms with Crippen molar-refractivity contribution in [3.05, 3.63) is 30.0 Å². The molecule has 0 N–H and O–H groups in total. The van der Waals surface area contributed by atoms with Crippen molar-refractivity contribution in [2.75, 3.05) is 0 Å². The molecule has 2 aromatic heterocycles. The van der Waals surface area contributed by atoms with Crippen LogP contribution in [-0.4, -0.2) is 28.3 Å². The Hall–Kier alpha value is -1.24. The Balaban J connectivity index is 1.96. The van der Waals surface area contributed by atoms with E-state index in [-0.39, 0.29) is 11.2 Å². The molecule has 0 aliphatic carbocycles. The molecule has 3 heterocycles. The molecule has 1 saturated heterocycles. The summed E-state index contributed by atoms with van der Waals surface area (Å²) < 4.78 is 12.2. The zero-order chi connectivity index (χ0) is 14.4. The minimum absolute atomic E-state index is 0.350. The van der Waals surface area contributed by atoms with E-state index in [9.17, 15) is 0 Å². The molecule has 0 unspecified atom stereocenters. The maximum Gasteiger partial charge on any atom is 0.516 e. The van der Waals surface area contributed by atoms with Gasteiger partial charge in [0, 0.05) is 12.4 Å². The maximum atomic E-state index is 6.08. The topological polar surface area (TPSA) is 44.2 Å². The minimum atomic E-state index is -0.422. The Morgan fingerprint density at radius 2 is 1.65 bits per heavy atom. The van der Waals surface area contributed by atoms with Crippen molar-refractivity contribution in [3.63, 3.8) is 0 Å². The lowest BCUT2D eigenvalue weighted by Gasteiger charge is -2.32. The van der Waals surface area contributed by atoms with Gasteiger partial charge < -0.3 is 9.31 Å². The lowest BCUT2D eigenvalue weighted by Crippen LogP contribution is -2.41. The standard InChI is InChI=1S/C14H17BN2O2S/c1-13(2)14(3,4)19-15(18-13)12-11(20-9-17-12)10-5-7-16-8-6-10/h5-9H,1-4H3. The van der Waals surface area contributed by atoms with E-state index in [2.05, 4.69) is 9.97 Å². The van der Waals surface area contributed by atoms with E-state index < -0.39 is 7.12 Å². The molecule has 104 valence electrons. The van der Waals surface area contributed by atoms with E-state index in [1.807, 2.05) is 45.3 Å². The second-order valence-electron chi connectivity index (χ2n) is 5.89. The van der Waals surface area contributed by atoms with E-state index in [0.717, 1.165) is 16.0 Å². The number of thiazole rings is 1. The minimum Gasteiger partial charge on any atom is -0.398 e. The van der Waals surface area contributed by atoms with Crippen LogP contribution < -0.4 is 5.59 Å². The van der Waals surface area contributed by atoms with Crippen LogP contribution in [0, 0.1) is 0 Å². The third-order valence-corrected chi connectivity index (χ3v) is 4.91. The normalized spacial score (nSPS) is 20.3. The summed E-state index contributed by atoms with van der Waals surface area (Å²) in [5.74, 6) is 0. The molecule has 0 saturated carbocycles. The fourth-order valence-electron chi connectivity index (χ4n) is 2.10. The Bertz CT molecular complexity index is 597. The van der Waals surface area contributed by atoms with Crippen molar-refractivity contribution < 1.29 is 9.31 Å². The molecular formula is C14H17BN2O2S. The maximum absolute atomic E-state index is 6.08. The molecule has 20 heavy (non-hydrogen) atoms. The van der Waals surface area contributed by atoms with Gasteiger partial charge in [-0.3, -0.25) is 9.97 Å². The van der Waals surface area contributed by atoms with Gasteiger partial charge in [-0.1, -0.05) is 0 Å². The highest BCUT2D eigenvalue weighted by molar-refractivity contribution is 7.14. The van der Waals surface area contributed by atoms with E-state index in [4.69, 9.17) is 9.31 Å². The first-order valence-corrected chi connectivity index (χ1v) is 7.48. The number of rotatable bonds is 2.